The second-order valence-corrected chi connectivity index (χ2v) is 13.4. The molecule has 1 amide bonds. The van der Waals surface area contributed by atoms with Crippen molar-refractivity contribution in [2.45, 2.75) is 52.0 Å². The number of ketones is 2. The number of carbonyl (C=O) groups excluding carboxylic acids is 3. The van der Waals surface area contributed by atoms with Gasteiger partial charge in [-0.25, -0.2) is 4.79 Å². The zero-order valence-electron chi connectivity index (χ0n) is 27.7. The van der Waals surface area contributed by atoms with E-state index in [0.717, 1.165) is 29.8 Å². The monoisotopic (exact) mass is 635 g/mol. The summed E-state index contributed by atoms with van der Waals surface area (Å²) in [5, 5.41) is 0.649. The lowest BCUT2D eigenvalue weighted by Gasteiger charge is -2.45. The number of hydrogen-bond donors (Lipinski definition) is 0. The molecule has 1 aromatic heterocycles. The molecule has 0 bridgehead atoms. The average molecular weight is 636 g/mol. The molecule has 3 aromatic carbocycles. The van der Waals surface area contributed by atoms with Crippen LogP contribution in [-0.2, 0) is 22.4 Å². The number of fused-ring (bicyclic) bond motifs is 1. The molecule has 0 N–H and O–H groups in total. The number of pyridine rings is 1. The van der Waals surface area contributed by atoms with Crippen molar-refractivity contribution in [3.05, 3.63) is 89.6 Å². The number of rotatable bonds is 10. The van der Waals surface area contributed by atoms with E-state index in [1.165, 1.54) is 7.11 Å². The van der Waals surface area contributed by atoms with E-state index in [1.54, 1.807) is 29.3 Å². The number of nitrogens with zero attached hydrogens (tertiary/aromatic N) is 3. The maximum Gasteiger partial charge on any atom is 0.415 e. The lowest BCUT2D eigenvalue weighted by atomic mass is 9.88. The number of Topliss-reactive ketones (excluding diaryl/α,β-unsaturated/α-hetero) is 2. The third kappa shape index (κ3) is 6.86. The van der Waals surface area contributed by atoms with Gasteiger partial charge in [0.15, 0.2) is 23.1 Å². The van der Waals surface area contributed by atoms with Gasteiger partial charge in [0.2, 0.25) is 0 Å². The standard InChI is InChI=1S/C38H41N3O6/c1-25-6-8-26(9-7-25)20-34(42)38(15-16-38)35(43)21-27-10-12-28(13-11-27)46-31-14-17-39-30-23-32(45-5)33(22-29(30)31)47-36(44)41-19-18-40(4)24-37(41,2)3/h6-14,17,22-23H,15-16,18-21,24H2,1-5H3. The van der Waals surface area contributed by atoms with Gasteiger partial charge in [-0.05, 0) is 76.1 Å². The van der Waals surface area contributed by atoms with Crippen LogP contribution < -0.4 is 14.2 Å². The van der Waals surface area contributed by atoms with E-state index in [2.05, 4.69) is 9.88 Å². The summed E-state index contributed by atoms with van der Waals surface area (Å²) in [6.07, 6.45) is 2.90. The van der Waals surface area contributed by atoms with E-state index in [9.17, 15) is 14.4 Å². The number of carbonyl (C=O) groups is 3. The Labute approximate surface area is 275 Å². The molecule has 0 spiro atoms. The summed E-state index contributed by atoms with van der Waals surface area (Å²) in [4.78, 5) is 48.2. The first-order chi connectivity index (χ1) is 22.5. The molecule has 1 aliphatic carbocycles. The fourth-order valence-corrected chi connectivity index (χ4v) is 6.40. The van der Waals surface area contributed by atoms with Gasteiger partial charge in [0.05, 0.1) is 23.6 Å². The Morgan fingerprint density at radius 2 is 1.47 bits per heavy atom. The van der Waals surface area contributed by atoms with Crippen molar-refractivity contribution in [2.75, 3.05) is 33.8 Å². The summed E-state index contributed by atoms with van der Waals surface area (Å²) < 4.78 is 17.7. The largest absolute Gasteiger partial charge is 0.493 e. The number of likely N-dealkylation sites (N-methyl/N-ethyl adjacent to an activating group) is 1. The molecule has 47 heavy (non-hydrogen) atoms. The first kappa shape index (κ1) is 32.2. The molecule has 1 saturated carbocycles. The fraction of sp³-hybridized carbons (Fsp3) is 0.368. The highest BCUT2D eigenvalue weighted by Gasteiger charge is 2.54. The predicted molar refractivity (Wildman–Crippen MR) is 179 cm³/mol. The molecule has 2 aliphatic rings. The Bertz CT molecular complexity index is 1810. The second-order valence-electron chi connectivity index (χ2n) is 13.4. The highest BCUT2D eigenvalue weighted by atomic mass is 16.6. The smallest absolute Gasteiger partial charge is 0.415 e. The van der Waals surface area contributed by atoms with Gasteiger partial charge in [-0.2, -0.15) is 0 Å². The molecule has 9 nitrogen and oxygen atoms in total. The van der Waals surface area contributed by atoms with Crippen LogP contribution >= 0.6 is 0 Å². The van der Waals surface area contributed by atoms with Crippen LogP contribution in [0, 0.1) is 12.3 Å². The van der Waals surface area contributed by atoms with Gasteiger partial charge in [0.25, 0.3) is 0 Å². The number of benzene rings is 3. The van der Waals surface area contributed by atoms with Crippen LogP contribution in [0.2, 0.25) is 0 Å². The van der Waals surface area contributed by atoms with Crippen LogP contribution in [0.4, 0.5) is 4.79 Å². The van der Waals surface area contributed by atoms with E-state index in [4.69, 9.17) is 14.2 Å². The average Bonchev–Trinajstić information content (AvgIpc) is 3.85. The Morgan fingerprint density at radius 1 is 0.830 bits per heavy atom. The van der Waals surface area contributed by atoms with E-state index < -0.39 is 17.0 Å². The molecule has 0 radical (unpaired) electrons. The van der Waals surface area contributed by atoms with Crippen LogP contribution in [-0.4, -0.2) is 71.8 Å². The minimum absolute atomic E-state index is 0.00444. The first-order valence-corrected chi connectivity index (χ1v) is 16.0. The Balaban J connectivity index is 1.15. The molecule has 0 unspecified atom stereocenters. The maximum atomic E-state index is 13.3. The zero-order valence-corrected chi connectivity index (χ0v) is 27.7. The van der Waals surface area contributed by atoms with Gasteiger partial charge >= 0.3 is 6.09 Å². The van der Waals surface area contributed by atoms with Crippen LogP contribution in [0.1, 0.15) is 43.4 Å². The van der Waals surface area contributed by atoms with E-state index in [1.807, 2.05) is 76.3 Å². The molecule has 244 valence electrons. The highest BCUT2D eigenvalue weighted by molar-refractivity contribution is 6.11. The molecular formula is C38H41N3O6. The maximum absolute atomic E-state index is 13.3. The first-order valence-electron chi connectivity index (χ1n) is 16.0. The van der Waals surface area contributed by atoms with Crippen molar-refractivity contribution >= 4 is 28.6 Å². The summed E-state index contributed by atoms with van der Waals surface area (Å²) in [6.45, 7) is 8.11. The third-order valence-corrected chi connectivity index (χ3v) is 9.32. The molecular weight excluding hydrogens is 594 g/mol. The lowest BCUT2D eigenvalue weighted by Crippen LogP contribution is -2.60. The van der Waals surface area contributed by atoms with Crippen molar-refractivity contribution in [3.8, 4) is 23.0 Å². The van der Waals surface area contributed by atoms with Crippen molar-refractivity contribution in [2.24, 2.45) is 5.41 Å². The third-order valence-electron chi connectivity index (χ3n) is 9.32. The minimum atomic E-state index is -0.863. The van der Waals surface area contributed by atoms with Crippen molar-refractivity contribution in [3.63, 3.8) is 0 Å². The Hall–Kier alpha value is -4.76. The van der Waals surface area contributed by atoms with Gasteiger partial charge in [0.1, 0.15) is 11.5 Å². The van der Waals surface area contributed by atoms with E-state index >= 15 is 0 Å². The second kappa shape index (κ2) is 12.8. The molecule has 1 saturated heterocycles. The van der Waals surface area contributed by atoms with Gasteiger partial charge in [0, 0.05) is 50.1 Å². The number of methoxy groups -OCH3 is 1. The zero-order chi connectivity index (χ0) is 33.3. The summed E-state index contributed by atoms with van der Waals surface area (Å²) in [5.41, 5.74) is 2.26. The lowest BCUT2D eigenvalue weighted by molar-refractivity contribution is -0.133. The number of amides is 1. The van der Waals surface area contributed by atoms with Crippen LogP contribution in [0.3, 0.4) is 0 Å². The molecule has 2 fully saturated rings. The van der Waals surface area contributed by atoms with Crippen molar-refractivity contribution in [1.29, 1.82) is 0 Å². The SMILES string of the molecule is COc1cc2nccc(Oc3ccc(CC(=O)C4(C(=O)Cc5ccc(C)cc5)CC4)cc3)c2cc1OC(=O)N1CCN(C)CC1(C)C. The number of ether oxygens (including phenoxy) is 3. The van der Waals surface area contributed by atoms with Gasteiger partial charge < -0.3 is 24.0 Å². The molecule has 2 heterocycles. The minimum Gasteiger partial charge on any atom is -0.493 e. The van der Waals surface area contributed by atoms with Gasteiger partial charge in [-0.3, -0.25) is 14.6 Å². The van der Waals surface area contributed by atoms with Gasteiger partial charge in [-0.15, -0.1) is 0 Å². The van der Waals surface area contributed by atoms with E-state index in [0.29, 0.717) is 47.5 Å². The molecule has 4 aromatic rings. The Kier molecular flexibility index (Phi) is 8.76. The molecule has 9 heteroatoms. The predicted octanol–water partition coefficient (Wildman–Crippen LogP) is 6.57. The Morgan fingerprint density at radius 3 is 2.06 bits per heavy atom. The number of piperazine rings is 1. The molecule has 0 atom stereocenters. The van der Waals surface area contributed by atoms with Crippen LogP contribution in [0.5, 0.6) is 23.0 Å². The highest BCUT2D eigenvalue weighted by Crippen LogP contribution is 2.49. The number of aromatic nitrogens is 1. The van der Waals surface area contributed by atoms with Crippen LogP contribution in [0.15, 0.2) is 72.9 Å². The quantitative estimate of drug-likeness (QED) is 0.181. The molecule has 6 rings (SSSR count). The normalized spacial score (nSPS) is 16.8. The van der Waals surface area contributed by atoms with Crippen LogP contribution in [0.25, 0.3) is 10.9 Å². The molecule has 1 aliphatic heterocycles. The summed E-state index contributed by atoms with van der Waals surface area (Å²) in [5.74, 6) is 1.74. The summed E-state index contributed by atoms with van der Waals surface area (Å²) in [6, 6.07) is 20.4. The number of hydrogen-bond acceptors (Lipinski definition) is 8. The summed E-state index contributed by atoms with van der Waals surface area (Å²) >= 11 is 0. The van der Waals surface area contributed by atoms with E-state index in [-0.39, 0.29) is 30.2 Å². The number of aryl methyl sites for hydroxylation is 1. The van der Waals surface area contributed by atoms with Crippen molar-refractivity contribution < 1.29 is 28.6 Å². The van der Waals surface area contributed by atoms with Gasteiger partial charge in [-0.1, -0.05) is 42.0 Å². The summed E-state index contributed by atoms with van der Waals surface area (Å²) in [7, 11) is 3.56. The fourth-order valence-electron chi connectivity index (χ4n) is 6.40. The van der Waals surface area contributed by atoms with Crippen molar-refractivity contribution in [1.82, 2.24) is 14.8 Å². The topological polar surface area (TPSA) is 98.3 Å².